The largest absolute Gasteiger partial charge is 0.349 e. The first-order valence-electron chi connectivity index (χ1n) is 2.72. The molecule has 0 heterocycles. The van der Waals surface area contributed by atoms with Gasteiger partial charge in [-0.2, -0.15) is 0 Å². The summed E-state index contributed by atoms with van der Waals surface area (Å²) in [4.78, 5) is 27.3. The average molecular weight is 166 g/mol. The van der Waals surface area contributed by atoms with E-state index < -0.39 is 14.4 Å². The van der Waals surface area contributed by atoms with Crippen LogP contribution in [0.2, 0.25) is 0 Å². The van der Waals surface area contributed by atoms with Gasteiger partial charge in [-0.15, -0.1) is 0 Å². The van der Waals surface area contributed by atoms with E-state index in [2.05, 4.69) is 5.32 Å². The van der Waals surface area contributed by atoms with E-state index in [1.807, 2.05) is 0 Å². The minimum atomic E-state index is -2.05. The molecule has 5 nitrogen and oxygen atoms in total. The van der Waals surface area contributed by atoms with Crippen molar-refractivity contribution in [2.45, 2.75) is 13.0 Å². The van der Waals surface area contributed by atoms with Gasteiger partial charge in [0.25, 0.3) is 0 Å². The maximum absolute atomic E-state index is 10.6. The van der Waals surface area contributed by atoms with Crippen molar-refractivity contribution in [2.75, 3.05) is 6.29 Å². The number of rotatable bonds is 3. The Balaban J connectivity index is 3.40. The second kappa shape index (κ2) is 4.57. The Kier molecular flexibility index (Phi) is 4.47. The van der Waals surface area contributed by atoms with Crippen LogP contribution in [0.4, 0.5) is 0 Å². The lowest BCUT2D eigenvalue weighted by Gasteiger charge is -2.07. The van der Waals surface area contributed by atoms with Crippen LogP contribution >= 0.6 is 8.38 Å². The Bertz CT molecular complexity index is 117. The number of nitrogens with two attached hydrogens (primary N) is 1. The van der Waals surface area contributed by atoms with Gasteiger partial charge >= 0.3 is 0 Å². The summed E-state index contributed by atoms with van der Waals surface area (Å²) >= 11 is 0. The molecule has 0 rings (SSSR count). The lowest BCUT2D eigenvalue weighted by atomic mass is 10.3. The first-order valence-corrected chi connectivity index (χ1v) is 4.16. The Morgan fingerprint density at radius 3 is 2.60 bits per heavy atom. The third kappa shape index (κ3) is 4.64. The van der Waals surface area contributed by atoms with Crippen LogP contribution in [0.15, 0.2) is 0 Å². The van der Waals surface area contributed by atoms with Gasteiger partial charge in [0, 0.05) is 0 Å². The van der Waals surface area contributed by atoms with Crippen LogP contribution in [0.25, 0.3) is 0 Å². The van der Waals surface area contributed by atoms with Crippen LogP contribution in [0.5, 0.6) is 0 Å². The number of nitrogens with one attached hydrogen (secondary N) is 1. The number of hydrogen-bond acceptors (Lipinski definition) is 4. The van der Waals surface area contributed by atoms with E-state index in [1.54, 1.807) is 0 Å². The molecular formula is C4H11N2O3P. The molecule has 1 amide bonds. The molecule has 0 saturated heterocycles. The summed E-state index contributed by atoms with van der Waals surface area (Å²) < 4.78 is 0. The van der Waals surface area contributed by atoms with Gasteiger partial charge < -0.3 is 20.8 Å². The number of carbonyl (C=O) groups excluding carboxylic acids is 1. The van der Waals surface area contributed by atoms with E-state index >= 15 is 0 Å². The van der Waals surface area contributed by atoms with Gasteiger partial charge in [0.15, 0.2) is 8.38 Å². The fraction of sp³-hybridized carbons (Fsp3) is 0.750. The predicted molar refractivity (Wildman–Crippen MR) is 38.0 cm³/mol. The highest BCUT2D eigenvalue weighted by Gasteiger charge is 2.07. The molecule has 0 aliphatic rings. The third-order valence-electron chi connectivity index (χ3n) is 0.808. The van der Waals surface area contributed by atoms with Gasteiger partial charge in [-0.25, -0.2) is 0 Å². The molecule has 0 bridgehead atoms. The first kappa shape index (κ1) is 9.78. The summed E-state index contributed by atoms with van der Waals surface area (Å²) in [5.41, 5.74) is 5.15. The highest BCUT2D eigenvalue weighted by atomic mass is 31.2. The maximum Gasteiger partial charge on any atom is 0.237 e. The summed E-state index contributed by atoms with van der Waals surface area (Å²) in [6, 6.07) is -0.602. The lowest BCUT2D eigenvalue weighted by molar-refractivity contribution is -0.121. The molecule has 0 fully saturated rings. The topological polar surface area (TPSA) is 95.6 Å². The summed E-state index contributed by atoms with van der Waals surface area (Å²) in [7, 11) is -2.05. The third-order valence-corrected chi connectivity index (χ3v) is 1.25. The molecule has 1 atom stereocenters. The van der Waals surface area contributed by atoms with Crippen molar-refractivity contribution in [3.63, 3.8) is 0 Å². The van der Waals surface area contributed by atoms with Crippen LogP contribution < -0.4 is 11.1 Å². The normalized spacial score (nSPS) is 13.3. The second-order valence-electron chi connectivity index (χ2n) is 1.86. The molecule has 0 aromatic heterocycles. The molecule has 10 heavy (non-hydrogen) atoms. The summed E-state index contributed by atoms with van der Waals surface area (Å²) in [5, 5.41) is 2.25. The highest BCUT2D eigenvalue weighted by Crippen LogP contribution is 2.19. The van der Waals surface area contributed by atoms with Crippen molar-refractivity contribution >= 4 is 14.3 Å². The molecule has 0 saturated carbocycles. The van der Waals surface area contributed by atoms with E-state index in [1.165, 1.54) is 6.92 Å². The van der Waals surface area contributed by atoms with E-state index in [-0.39, 0.29) is 12.2 Å². The lowest BCUT2D eigenvalue weighted by Crippen LogP contribution is -2.38. The molecule has 0 aromatic rings. The average Bonchev–Trinajstić information content (AvgIpc) is 1.82. The number of hydrogen-bond donors (Lipinski definition) is 4. The van der Waals surface area contributed by atoms with Crippen molar-refractivity contribution in [3.05, 3.63) is 0 Å². The summed E-state index contributed by atoms with van der Waals surface area (Å²) in [5.74, 6) is -0.379. The van der Waals surface area contributed by atoms with Gasteiger partial charge in [0.2, 0.25) is 5.91 Å². The minimum Gasteiger partial charge on any atom is -0.349 e. The van der Waals surface area contributed by atoms with Crippen LogP contribution in [-0.2, 0) is 4.79 Å². The summed E-state index contributed by atoms with van der Waals surface area (Å²) in [6.07, 6.45) is -0.115. The van der Waals surface area contributed by atoms with Crippen LogP contribution in [0.1, 0.15) is 6.92 Å². The maximum atomic E-state index is 10.6. The van der Waals surface area contributed by atoms with Gasteiger partial charge in [0.1, 0.15) is 0 Å². The van der Waals surface area contributed by atoms with Crippen molar-refractivity contribution in [1.29, 1.82) is 0 Å². The van der Waals surface area contributed by atoms with Crippen molar-refractivity contribution in [1.82, 2.24) is 5.32 Å². The molecule has 6 heteroatoms. The second-order valence-corrected chi connectivity index (χ2v) is 2.92. The minimum absolute atomic E-state index is 0.115. The first-order chi connectivity index (χ1) is 4.54. The monoisotopic (exact) mass is 166 g/mol. The zero-order valence-corrected chi connectivity index (χ0v) is 6.51. The Hall–Kier alpha value is -0.220. The van der Waals surface area contributed by atoms with Crippen LogP contribution in [0.3, 0.4) is 0 Å². The van der Waals surface area contributed by atoms with Gasteiger partial charge in [-0.1, -0.05) is 0 Å². The van der Waals surface area contributed by atoms with Crippen molar-refractivity contribution in [3.8, 4) is 0 Å². The van der Waals surface area contributed by atoms with Crippen molar-refractivity contribution in [2.24, 2.45) is 5.73 Å². The van der Waals surface area contributed by atoms with Crippen molar-refractivity contribution < 1.29 is 14.6 Å². The molecule has 0 aromatic carbocycles. The standard InChI is InChI=1S/C4H11N2O3P/c1-3(5)4(7)6-2-10(8)9/h3,8-9H,2,5H2,1H3,(H,6,7). The number of carbonyl (C=O) groups is 1. The SMILES string of the molecule is CC(N)C(=O)NCP(O)O. The zero-order chi connectivity index (χ0) is 8.15. The molecule has 60 valence electrons. The number of amides is 1. The van der Waals surface area contributed by atoms with Crippen LogP contribution in [0, 0.1) is 0 Å². The van der Waals surface area contributed by atoms with Gasteiger partial charge in [-0.3, -0.25) is 4.79 Å². The van der Waals surface area contributed by atoms with Gasteiger partial charge in [-0.05, 0) is 6.92 Å². The molecule has 0 aliphatic carbocycles. The van der Waals surface area contributed by atoms with E-state index in [0.29, 0.717) is 0 Å². The molecular weight excluding hydrogens is 155 g/mol. The Morgan fingerprint density at radius 1 is 1.80 bits per heavy atom. The smallest absolute Gasteiger partial charge is 0.237 e. The quantitative estimate of drug-likeness (QED) is 0.392. The van der Waals surface area contributed by atoms with Crippen LogP contribution in [-0.4, -0.2) is 28.0 Å². The Morgan fingerprint density at radius 2 is 2.30 bits per heavy atom. The van der Waals surface area contributed by atoms with E-state index in [4.69, 9.17) is 15.5 Å². The molecule has 5 N–H and O–H groups in total. The van der Waals surface area contributed by atoms with E-state index in [9.17, 15) is 4.79 Å². The molecule has 0 aliphatic heterocycles. The zero-order valence-electron chi connectivity index (χ0n) is 5.61. The predicted octanol–water partition coefficient (Wildman–Crippen LogP) is -1.30. The Labute approximate surface area is 60.1 Å². The van der Waals surface area contributed by atoms with Gasteiger partial charge in [0.05, 0.1) is 12.3 Å². The fourth-order valence-electron chi connectivity index (χ4n) is 0.310. The highest BCUT2D eigenvalue weighted by molar-refractivity contribution is 7.45. The fourth-order valence-corrected chi connectivity index (χ4v) is 0.607. The molecule has 0 radical (unpaired) electrons. The summed E-state index contributed by atoms with van der Waals surface area (Å²) in [6.45, 7) is 1.52. The molecule has 1 unspecified atom stereocenters. The van der Waals surface area contributed by atoms with E-state index in [0.717, 1.165) is 0 Å². The molecule has 0 spiro atoms.